The number of ether oxygens (including phenoxy) is 2. The number of halogens is 1. The van der Waals surface area contributed by atoms with Crippen LogP contribution in [-0.2, 0) is 6.54 Å². The van der Waals surface area contributed by atoms with Crippen molar-refractivity contribution >= 4 is 38.4 Å². The van der Waals surface area contributed by atoms with Gasteiger partial charge in [0.1, 0.15) is 12.4 Å². The Bertz CT molecular complexity index is 694. The molecule has 9 heteroatoms. The van der Waals surface area contributed by atoms with Gasteiger partial charge in [-0.15, -0.1) is 5.10 Å². The lowest BCUT2D eigenvalue weighted by molar-refractivity contribution is 0.200. The van der Waals surface area contributed by atoms with Crippen molar-refractivity contribution in [2.24, 2.45) is 0 Å². The summed E-state index contributed by atoms with van der Waals surface area (Å²) in [4.78, 5) is 14.0. The highest BCUT2D eigenvalue weighted by atomic mass is 79.9. The van der Waals surface area contributed by atoms with Crippen molar-refractivity contribution < 1.29 is 14.3 Å². The normalized spacial score (nSPS) is 13.8. The molecular formula is C13H13BrN4O3S. The molecular weight excluding hydrogens is 372 g/mol. The molecule has 0 unspecified atom stereocenters. The Kier molecular flexibility index (Phi) is 4.44. The van der Waals surface area contributed by atoms with Gasteiger partial charge in [-0.25, -0.2) is 4.79 Å². The lowest BCUT2D eigenvalue weighted by atomic mass is 10.2. The van der Waals surface area contributed by atoms with Crippen LogP contribution in [0.2, 0.25) is 0 Å². The number of hydrogen-bond acceptors (Lipinski definition) is 6. The van der Waals surface area contributed by atoms with Crippen molar-refractivity contribution in [2.45, 2.75) is 6.54 Å². The fourth-order valence-electron chi connectivity index (χ4n) is 2.03. The average Bonchev–Trinajstić information content (AvgIpc) is 2.85. The van der Waals surface area contributed by atoms with E-state index in [1.54, 1.807) is 4.90 Å². The predicted octanol–water partition coefficient (Wildman–Crippen LogP) is 2.74. The second-order valence-corrected chi connectivity index (χ2v) is 6.39. The lowest BCUT2D eigenvalue weighted by Gasteiger charge is -2.19. The Balaban J connectivity index is 1.71. The average molecular weight is 385 g/mol. The molecule has 1 N–H and O–H groups in total. The predicted molar refractivity (Wildman–Crippen MR) is 85.5 cm³/mol. The number of carbonyl (C=O) groups excluding carboxylic acids is 1. The van der Waals surface area contributed by atoms with Gasteiger partial charge in [0.15, 0.2) is 0 Å². The maximum absolute atomic E-state index is 12.3. The molecule has 0 atom stereocenters. The number of nitrogens with one attached hydrogen (secondary N) is 1. The van der Waals surface area contributed by atoms with Gasteiger partial charge in [-0.1, -0.05) is 27.1 Å². The quantitative estimate of drug-likeness (QED) is 0.861. The molecule has 2 aromatic rings. The number of methoxy groups -OCH3 is 1. The highest BCUT2D eigenvalue weighted by Gasteiger charge is 2.21. The summed E-state index contributed by atoms with van der Waals surface area (Å²) in [5.41, 5.74) is 0.964. The van der Waals surface area contributed by atoms with Gasteiger partial charge in [0.2, 0.25) is 5.13 Å². The number of urea groups is 1. The van der Waals surface area contributed by atoms with Gasteiger partial charge in [-0.05, 0) is 23.5 Å². The van der Waals surface area contributed by atoms with Crippen LogP contribution in [0.15, 0.2) is 22.7 Å². The molecule has 0 saturated carbocycles. The van der Waals surface area contributed by atoms with Crippen LogP contribution in [0.4, 0.5) is 9.93 Å². The van der Waals surface area contributed by atoms with E-state index in [1.165, 1.54) is 18.4 Å². The van der Waals surface area contributed by atoms with Crippen molar-refractivity contribution in [2.75, 3.05) is 25.6 Å². The summed E-state index contributed by atoms with van der Waals surface area (Å²) in [5, 5.41) is 11.2. The first-order valence-electron chi connectivity index (χ1n) is 6.50. The van der Waals surface area contributed by atoms with Crippen LogP contribution in [0.5, 0.6) is 10.9 Å². The van der Waals surface area contributed by atoms with E-state index in [0.717, 1.165) is 15.8 Å². The van der Waals surface area contributed by atoms with E-state index in [4.69, 9.17) is 9.47 Å². The molecule has 0 spiro atoms. The summed E-state index contributed by atoms with van der Waals surface area (Å²) >= 11 is 4.59. The van der Waals surface area contributed by atoms with Gasteiger partial charge >= 0.3 is 6.03 Å². The molecule has 1 aromatic heterocycles. The van der Waals surface area contributed by atoms with Gasteiger partial charge in [0.05, 0.1) is 20.2 Å². The number of fused-ring (bicyclic) bond motifs is 1. The number of aromatic nitrogens is 2. The monoisotopic (exact) mass is 384 g/mol. The Hall–Kier alpha value is -1.87. The molecule has 0 bridgehead atoms. The van der Waals surface area contributed by atoms with Gasteiger partial charge < -0.3 is 14.4 Å². The van der Waals surface area contributed by atoms with Crippen molar-refractivity contribution in [1.29, 1.82) is 0 Å². The van der Waals surface area contributed by atoms with Gasteiger partial charge in [-0.3, -0.25) is 5.32 Å². The number of benzene rings is 1. The van der Waals surface area contributed by atoms with E-state index in [1.807, 2.05) is 18.2 Å². The van der Waals surface area contributed by atoms with Crippen LogP contribution in [0.1, 0.15) is 5.56 Å². The van der Waals surface area contributed by atoms with E-state index in [9.17, 15) is 4.79 Å². The second kappa shape index (κ2) is 6.49. The van der Waals surface area contributed by atoms with E-state index >= 15 is 0 Å². The molecule has 3 rings (SSSR count). The van der Waals surface area contributed by atoms with Crippen LogP contribution >= 0.6 is 27.3 Å². The third-order valence-corrected chi connectivity index (χ3v) is 4.38. The third-order valence-electron chi connectivity index (χ3n) is 3.09. The van der Waals surface area contributed by atoms with E-state index in [-0.39, 0.29) is 6.03 Å². The topological polar surface area (TPSA) is 76.6 Å². The molecule has 1 aliphatic rings. The summed E-state index contributed by atoms with van der Waals surface area (Å²) in [6.07, 6.45) is 0. The minimum absolute atomic E-state index is 0.238. The maximum Gasteiger partial charge on any atom is 0.324 e. The summed E-state index contributed by atoms with van der Waals surface area (Å²) in [7, 11) is 1.51. The minimum Gasteiger partial charge on any atom is -0.491 e. The second-order valence-electron chi connectivity index (χ2n) is 4.53. The maximum atomic E-state index is 12.3. The first kappa shape index (κ1) is 15.0. The first-order valence-corrected chi connectivity index (χ1v) is 8.11. The van der Waals surface area contributed by atoms with Crippen LogP contribution < -0.4 is 14.8 Å². The number of carbonyl (C=O) groups is 1. The molecule has 2 heterocycles. The molecule has 0 saturated heterocycles. The number of amides is 2. The molecule has 0 aliphatic carbocycles. The molecule has 116 valence electrons. The molecule has 22 heavy (non-hydrogen) atoms. The molecule has 7 nitrogen and oxygen atoms in total. The molecule has 2 amide bonds. The highest BCUT2D eigenvalue weighted by molar-refractivity contribution is 9.10. The Morgan fingerprint density at radius 2 is 2.36 bits per heavy atom. The minimum atomic E-state index is -0.238. The fourth-order valence-corrected chi connectivity index (χ4v) is 2.92. The smallest absolute Gasteiger partial charge is 0.324 e. The van der Waals surface area contributed by atoms with Crippen molar-refractivity contribution in [3.05, 3.63) is 28.2 Å². The van der Waals surface area contributed by atoms with Gasteiger partial charge in [0, 0.05) is 10.0 Å². The van der Waals surface area contributed by atoms with E-state index < -0.39 is 0 Å². The number of rotatable bonds is 2. The number of nitrogens with zero attached hydrogens (tertiary/aromatic N) is 3. The molecule has 1 aromatic carbocycles. The van der Waals surface area contributed by atoms with Crippen LogP contribution in [0, 0.1) is 0 Å². The standard InChI is InChI=1S/C13H13BrN4O3S/c1-20-13-17-16-11(22-13)15-12(19)18-4-5-21-10-6-9(14)3-2-8(10)7-18/h2-3,6H,4-5,7H2,1H3,(H,15,16,19). The van der Waals surface area contributed by atoms with Crippen molar-refractivity contribution in [3.63, 3.8) is 0 Å². The zero-order valence-corrected chi connectivity index (χ0v) is 14.1. The Morgan fingerprint density at radius 1 is 1.50 bits per heavy atom. The zero-order valence-electron chi connectivity index (χ0n) is 11.7. The van der Waals surface area contributed by atoms with Crippen LogP contribution in [0.25, 0.3) is 0 Å². The molecule has 0 radical (unpaired) electrons. The number of hydrogen-bond donors (Lipinski definition) is 1. The van der Waals surface area contributed by atoms with Crippen LogP contribution in [0.3, 0.4) is 0 Å². The van der Waals surface area contributed by atoms with Crippen LogP contribution in [-0.4, -0.2) is 41.4 Å². The van der Waals surface area contributed by atoms with Gasteiger partial charge in [-0.2, -0.15) is 0 Å². The van der Waals surface area contributed by atoms with Crippen molar-refractivity contribution in [1.82, 2.24) is 15.1 Å². The summed E-state index contributed by atoms with van der Waals surface area (Å²) in [5.74, 6) is 0.794. The summed E-state index contributed by atoms with van der Waals surface area (Å²) in [6, 6.07) is 5.54. The lowest BCUT2D eigenvalue weighted by Crippen LogP contribution is -2.36. The first-order chi connectivity index (χ1) is 10.7. The Labute approximate surface area is 139 Å². The third kappa shape index (κ3) is 3.30. The Morgan fingerprint density at radius 3 is 3.14 bits per heavy atom. The summed E-state index contributed by atoms with van der Waals surface area (Å²) < 4.78 is 11.6. The molecule has 0 fully saturated rings. The SMILES string of the molecule is COc1nnc(NC(=O)N2CCOc3cc(Br)ccc3C2)s1. The fraction of sp³-hybridized carbons (Fsp3) is 0.308. The van der Waals surface area contributed by atoms with E-state index in [2.05, 4.69) is 31.4 Å². The van der Waals surface area contributed by atoms with Gasteiger partial charge in [0.25, 0.3) is 5.19 Å². The van der Waals surface area contributed by atoms with E-state index in [0.29, 0.717) is 30.0 Å². The summed E-state index contributed by atoms with van der Waals surface area (Å²) in [6.45, 7) is 1.41. The highest BCUT2D eigenvalue weighted by Crippen LogP contribution is 2.27. The van der Waals surface area contributed by atoms with Crippen molar-refractivity contribution in [3.8, 4) is 10.9 Å². The zero-order chi connectivity index (χ0) is 15.5. The largest absolute Gasteiger partial charge is 0.491 e. The number of anilines is 1. The molecule has 1 aliphatic heterocycles.